The molecule has 0 unspecified atom stereocenters. The molecular weight excluding hydrogens is 288 g/mol. The third-order valence-electron chi connectivity index (χ3n) is 3.05. The molecule has 0 spiro atoms. The van der Waals surface area contributed by atoms with Crippen LogP contribution >= 0.6 is 0 Å². The van der Waals surface area contributed by atoms with Crippen molar-refractivity contribution in [2.75, 3.05) is 5.75 Å². The average molecular weight is 310 g/mol. The van der Waals surface area contributed by atoms with Crippen LogP contribution in [0.2, 0.25) is 0 Å². The lowest BCUT2D eigenvalue weighted by molar-refractivity contribution is 0.403. The topological polar surface area (TPSA) is 74.6 Å². The maximum Gasteiger partial charge on any atom is 0.171 e. The molecule has 0 aliphatic rings. The summed E-state index contributed by atoms with van der Waals surface area (Å²) < 4.78 is 23.7. The van der Waals surface area contributed by atoms with Gasteiger partial charge in [-0.2, -0.15) is 0 Å². The van der Waals surface area contributed by atoms with Gasteiger partial charge in [-0.15, -0.1) is 6.58 Å². The Morgan fingerprint density at radius 2 is 1.76 bits per heavy atom. The fourth-order valence-corrected chi connectivity index (χ4v) is 2.95. The third kappa shape index (κ3) is 6.99. The summed E-state index contributed by atoms with van der Waals surface area (Å²) in [5.41, 5.74) is 0.528. The van der Waals surface area contributed by atoms with Crippen molar-refractivity contribution in [2.45, 2.75) is 32.1 Å². The number of phenolic OH excluding ortho intramolecular Hbond substituents is 2. The lowest BCUT2D eigenvalue weighted by Crippen LogP contribution is -2.01. The quantitative estimate of drug-likeness (QED) is 0.415. The van der Waals surface area contributed by atoms with Crippen LogP contribution in [0.25, 0.3) is 6.08 Å². The second-order valence-electron chi connectivity index (χ2n) is 4.91. The van der Waals surface area contributed by atoms with Crippen LogP contribution in [-0.4, -0.2) is 24.4 Å². The molecular formula is C16H22O4S. The Hall–Kier alpha value is -1.75. The fourth-order valence-electron chi connectivity index (χ4n) is 1.84. The number of rotatable bonds is 9. The number of phenols is 2. The van der Waals surface area contributed by atoms with E-state index in [2.05, 4.69) is 6.58 Å². The van der Waals surface area contributed by atoms with E-state index >= 15 is 0 Å². The van der Waals surface area contributed by atoms with Crippen LogP contribution in [0.3, 0.4) is 0 Å². The van der Waals surface area contributed by atoms with Crippen molar-refractivity contribution in [3.8, 4) is 11.5 Å². The summed E-state index contributed by atoms with van der Waals surface area (Å²) in [6.45, 7) is 3.64. The maximum atomic E-state index is 11.8. The van der Waals surface area contributed by atoms with Crippen LogP contribution < -0.4 is 0 Å². The summed E-state index contributed by atoms with van der Waals surface area (Å²) in [4.78, 5) is 0. The summed E-state index contributed by atoms with van der Waals surface area (Å²) in [6, 6.07) is 4.17. The lowest BCUT2D eigenvalue weighted by atomic mass is 10.2. The van der Waals surface area contributed by atoms with Gasteiger partial charge >= 0.3 is 0 Å². The predicted octanol–water partition coefficient (Wildman–Crippen LogP) is 3.62. The zero-order chi connectivity index (χ0) is 15.7. The summed E-state index contributed by atoms with van der Waals surface area (Å²) in [6.07, 6.45) is 7.85. The molecule has 1 aromatic carbocycles. The van der Waals surface area contributed by atoms with Gasteiger partial charge in [0.1, 0.15) is 0 Å². The highest BCUT2D eigenvalue weighted by Crippen LogP contribution is 2.25. The molecule has 0 amide bonds. The maximum absolute atomic E-state index is 11.8. The van der Waals surface area contributed by atoms with Gasteiger partial charge in [-0.3, -0.25) is 0 Å². The molecule has 0 bridgehead atoms. The van der Waals surface area contributed by atoms with Gasteiger partial charge in [-0.25, -0.2) is 8.42 Å². The molecule has 0 heterocycles. The number of sulfone groups is 1. The summed E-state index contributed by atoms with van der Waals surface area (Å²) >= 11 is 0. The van der Waals surface area contributed by atoms with Crippen molar-refractivity contribution >= 4 is 15.9 Å². The number of benzene rings is 1. The molecule has 0 saturated heterocycles. The molecule has 1 aromatic rings. The molecule has 0 aliphatic carbocycles. The van der Waals surface area contributed by atoms with Crippen molar-refractivity contribution in [1.82, 2.24) is 0 Å². The first kappa shape index (κ1) is 17.3. The fraction of sp³-hybridized carbons (Fsp3) is 0.375. The number of hydrogen-bond acceptors (Lipinski definition) is 4. The van der Waals surface area contributed by atoms with Crippen LogP contribution in [0.5, 0.6) is 11.5 Å². The molecule has 0 aliphatic heterocycles. The molecule has 116 valence electrons. The number of unbranched alkanes of at least 4 members (excludes halogenated alkanes) is 4. The molecule has 0 radical (unpaired) electrons. The first-order valence-corrected chi connectivity index (χ1v) is 8.70. The Morgan fingerprint density at radius 1 is 1.05 bits per heavy atom. The van der Waals surface area contributed by atoms with Crippen LogP contribution in [-0.2, 0) is 9.84 Å². The van der Waals surface area contributed by atoms with E-state index in [9.17, 15) is 18.6 Å². The Labute approximate surface area is 126 Å². The van der Waals surface area contributed by atoms with Gasteiger partial charge in [0.15, 0.2) is 21.3 Å². The van der Waals surface area contributed by atoms with E-state index < -0.39 is 9.84 Å². The van der Waals surface area contributed by atoms with Crippen LogP contribution in [0.15, 0.2) is 36.3 Å². The Kier molecular flexibility index (Phi) is 7.02. The molecule has 21 heavy (non-hydrogen) atoms. The summed E-state index contributed by atoms with van der Waals surface area (Å²) in [7, 11) is -3.24. The van der Waals surface area contributed by atoms with Crippen LogP contribution in [0, 0.1) is 0 Å². The second kappa shape index (κ2) is 8.52. The van der Waals surface area contributed by atoms with Gasteiger partial charge in [0.25, 0.3) is 0 Å². The Balaban J connectivity index is 2.45. The van der Waals surface area contributed by atoms with E-state index in [4.69, 9.17) is 0 Å². The van der Waals surface area contributed by atoms with Crippen molar-refractivity contribution in [2.24, 2.45) is 0 Å². The van der Waals surface area contributed by atoms with Gasteiger partial charge < -0.3 is 10.2 Å². The molecule has 5 heteroatoms. The highest BCUT2D eigenvalue weighted by molar-refractivity contribution is 7.94. The van der Waals surface area contributed by atoms with Crippen molar-refractivity contribution in [1.29, 1.82) is 0 Å². The van der Waals surface area contributed by atoms with Gasteiger partial charge in [0.05, 0.1) is 5.75 Å². The van der Waals surface area contributed by atoms with Crippen LogP contribution in [0.1, 0.15) is 37.7 Å². The van der Waals surface area contributed by atoms with Gasteiger partial charge in [0.2, 0.25) is 0 Å². The van der Waals surface area contributed by atoms with Gasteiger partial charge in [-0.1, -0.05) is 25.0 Å². The number of allylic oxidation sites excluding steroid dienone is 1. The zero-order valence-electron chi connectivity index (χ0n) is 12.0. The highest BCUT2D eigenvalue weighted by Gasteiger charge is 2.06. The first-order valence-electron chi connectivity index (χ1n) is 6.98. The smallest absolute Gasteiger partial charge is 0.171 e. The zero-order valence-corrected chi connectivity index (χ0v) is 12.8. The monoisotopic (exact) mass is 310 g/mol. The van der Waals surface area contributed by atoms with E-state index in [0.29, 0.717) is 12.0 Å². The van der Waals surface area contributed by atoms with Crippen molar-refractivity contribution in [3.63, 3.8) is 0 Å². The first-order chi connectivity index (χ1) is 9.94. The molecule has 2 N–H and O–H groups in total. The van der Waals surface area contributed by atoms with Gasteiger partial charge in [0, 0.05) is 5.41 Å². The minimum atomic E-state index is -3.24. The standard InChI is InChI=1S/C16H22O4S/c1-2-3-4-5-6-7-11-21(19,20)12-10-14-8-9-15(17)16(18)13-14/h2,8-10,12-13,17-18H,1,3-7,11H2/b12-10+. The lowest BCUT2D eigenvalue weighted by Gasteiger charge is -2.01. The SMILES string of the molecule is C=CCCCCCCS(=O)(=O)/C=C/c1ccc(O)c(O)c1. The molecule has 0 aromatic heterocycles. The van der Waals surface area contributed by atoms with E-state index in [1.165, 1.54) is 24.3 Å². The molecule has 0 atom stereocenters. The van der Waals surface area contributed by atoms with E-state index in [-0.39, 0.29) is 17.3 Å². The van der Waals surface area contributed by atoms with E-state index in [0.717, 1.165) is 31.1 Å². The van der Waals surface area contributed by atoms with Crippen molar-refractivity contribution in [3.05, 3.63) is 41.8 Å². The highest BCUT2D eigenvalue weighted by atomic mass is 32.2. The third-order valence-corrected chi connectivity index (χ3v) is 4.46. The van der Waals surface area contributed by atoms with Gasteiger partial charge in [-0.05, 0) is 43.0 Å². The summed E-state index contributed by atoms with van der Waals surface area (Å²) in [5.74, 6) is -0.368. The predicted molar refractivity (Wildman–Crippen MR) is 85.9 cm³/mol. The molecule has 0 fully saturated rings. The Bertz CT molecular complexity index is 588. The Morgan fingerprint density at radius 3 is 2.43 bits per heavy atom. The van der Waals surface area contributed by atoms with E-state index in [1.807, 2.05) is 6.08 Å². The molecule has 4 nitrogen and oxygen atoms in total. The number of aromatic hydroxyl groups is 2. The largest absolute Gasteiger partial charge is 0.504 e. The molecule has 1 rings (SSSR count). The average Bonchev–Trinajstić information content (AvgIpc) is 2.44. The molecule has 0 saturated carbocycles. The normalized spacial score (nSPS) is 11.8. The minimum Gasteiger partial charge on any atom is -0.504 e. The second-order valence-corrected chi connectivity index (χ2v) is 6.92. The summed E-state index contributed by atoms with van der Waals surface area (Å²) in [5, 5.41) is 19.7. The van der Waals surface area contributed by atoms with E-state index in [1.54, 1.807) is 0 Å². The van der Waals surface area contributed by atoms with Crippen LogP contribution in [0.4, 0.5) is 0 Å². The van der Waals surface area contributed by atoms with Crippen molar-refractivity contribution < 1.29 is 18.6 Å². The number of hydrogen-bond donors (Lipinski definition) is 2. The minimum absolute atomic E-state index is 0.127.